The Bertz CT molecular complexity index is 460. The first kappa shape index (κ1) is 15.3. The first-order chi connectivity index (χ1) is 9.59. The van der Waals surface area contributed by atoms with E-state index in [9.17, 15) is 9.90 Å². The molecule has 110 valence electrons. The molecule has 1 aliphatic carbocycles. The smallest absolute Gasteiger partial charge is 0.220 e. The van der Waals surface area contributed by atoms with Crippen LogP contribution in [-0.2, 0) is 4.79 Å². The average molecular weight is 342 g/mol. The minimum absolute atomic E-state index is 0.0268. The molecular weight excluding hydrogens is 322 g/mol. The highest BCUT2D eigenvalue weighted by Gasteiger charge is 2.34. The molecule has 1 aromatic carbocycles. The quantitative estimate of drug-likeness (QED) is 0.749. The topological polar surface area (TPSA) is 58.6 Å². The fourth-order valence-electron chi connectivity index (χ4n) is 2.09. The number of hydrogen-bond acceptors (Lipinski definition) is 3. The Morgan fingerprint density at radius 2 is 2.15 bits per heavy atom. The minimum Gasteiger partial charge on any atom is -0.492 e. The van der Waals surface area contributed by atoms with Crippen LogP contribution in [0.3, 0.4) is 0 Å². The molecule has 0 heterocycles. The van der Waals surface area contributed by atoms with Gasteiger partial charge in [-0.2, -0.15) is 0 Å². The lowest BCUT2D eigenvalue weighted by molar-refractivity contribution is -0.123. The van der Waals surface area contributed by atoms with Crippen molar-refractivity contribution in [2.24, 2.45) is 0 Å². The molecule has 0 unspecified atom stereocenters. The van der Waals surface area contributed by atoms with Crippen molar-refractivity contribution in [2.45, 2.75) is 37.7 Å². The number of carbonyl (C=O) groups is 1. The third-order valence-electron chi connectivity index (χ3n) is 3.54. The molecule has 20 heavy (non-hydrogen) atoms. The standard InChI is InChI=1S/C15H20BrNO3/c16-12-5-1-2-6-13(12)20-10-3-7-14(18)17-11-15(19)8-4-9-15/h1-2,5-6,19H,3-4,7-11H2,(H,17,18). The number of hydrogen-bond donors (Lipinski definition) is 2. The van der Waals surface area contributed by atoms with Crippen LogP contribution in [0.4, 0.5) is 0 Å². The summed E-state index contributed by atoms with van der Waals surface area (Å²) in [7, 11) is 0. The largest absolute Gasteiger partial charge is 0.492 e. The second kappa shape index (κ2) is 7.09. The van der Waals surface area contributed by atoms with Gasteiger partial charge >= 0.3 is 0 Å². The molecule has 1 aromatic rings. The normalized spacial score (nSPS) is 16.3. The van der Waals surface area contributed by atoms with Crippen molar-refractivity contribution in [3.63, 3.8) is 0 Å². The average Bonchev–Trinajstić information content (AvgIpc) is 2.41. The van der Waals surface area contributed by atoms with E-state index in [1.54, 1.807) is 0 Å². The lowest BCUT2D eigenvalue weighted by atomic mass is 9.80. The van der Waals surface area contributed by atoms with E-state index in [-0.39, 0.29) is 5.91 Å². The molecule has 0 atom stereocenters. The molecule has 1 aliphatic rings. The molecule has 0 spiro atoms. The zero-order valence-electron chi connectivity index (χ0n) is 11.4. The summed E-state index contributed by atoms with van der Waals surface area (Å²) in [5.74, 6) is 0.762. The van der Waals surface area contributed by atoms with Crippen molar-refractivity contribution < 1.29 is 14.6 Å². The van der Waals surface area contributed by atoms with Gasteiger partial charge in [-0.15, -0.1) is 0 Å². The maximum atomic E-state index is 11.6. The van der Waals surface area contributed by atoms with E-state index in [0.717, 1.165) is 29.5 Å². The van der Waals surface area contributed by atoms with E-state index >= 15 is 0 Å². The zero-order chi connectivity index (χ0) is 14.4. The number of ether oxygens (including phenoxy) is 1. The van der Waals surface area contributed by atoms with E-state index in [1.807, 2.05) is 24.3 Å². The Morgan fingerprint density at radius 1 is 1.40 bits per heavy atom. The Balaban J connectivity index is 1.58. The Kier molecular flexibility index (Phi) is 5.43. The van der Waals surface area contributed by atoms with Crippen molar-refractivity contribution in [1.29, 1.82) is 0 Å². The van der Waals surface area contributed by atoms with Gasteiger partial charge in [0, 0.05) is 13.0 Å². The molecule has 1 saturated carbocycles. The highest BCUT2D eigenvalue weighted by atomic mass is 79.9. The molecule has 0 aliphatic heterocycles. The maximum Gasteiger partial charge on any atom is 0.220 e. The van der Waals surface area contributed by atoms with E-state index in [1.165, 1.54) is 0 Å². The molecule has 2 N–H and O–H groups in total. The van der Waals surface area contributed by atoms with Crippen molar-refractivity contribution in [2.75, 3.05) is 13.2 Å². The number of amides is 1. The Labute approximate surface area is 127 Å². The predicted octanol–water partition coefficient (Wildman–Crippen LogP) is 2.64. The summed E-state index contributed by atoms with van der Waals surface area (Å²) < 4.78 is 6.50. The monoisotopic (exact) mass is 341 g/mol. The minimum atomic E-state index is -0.652. The fraction of sp³-hybridized carbons (Fsp3) is 0.533. The lowest BCUT2D eigenvalue weighted by Gasteiger charge is -2.36. The van der Waals surface area contributed by atoms with Gasteiger partial charge in [-0.1, -0.05) is 12.1 Å². The van der Waals surface area contributed by atoms with Crippen LogP contribution in [0.25, 0.3) is 0 Å². The van der Waals surface area contributed by atoms with Crippen molar-refractivity contribution >= 4 is 21.8 Å². The van der Waals surface area contributed by atoms with Crippen LogP contribution in [0.2, 0.25) is 0 Å². The first-order valence-corrected chi connectivity index (χ1v) is 7.75. The molecule has 4 nitrogen and oxygen atoms in total. The summed E-state index contributed by atoms with van der Waals surface area (Å²) in [6, 6.07) is 7.64. The number of rotatable bonds is 7. The lowest BCUT2D eigenvalue weighted by Crippen LogP contribution is -2.47. The van der Waals surface area contributed by atoms with Gasteiger partial charge in [0.25, 0.3) is 0 Å². The number of para-hydroxylation sites is 1. The molecule has 0 saturated heterocycles. The summed E-state index contributed by atoms with van der Waals surface area (Å²) in [6.07, 6.45) is 3.70. The Morgan fingerprint density at radius 3 is 2.80 bits per heavy atom. The van der Waals surface area contributed by atoms with Gasteiger partial charge in [0.05, 0.1) is 16.7 Å². The van der Waals surface area contributed by atoms with Crippen LogP contribution < -0.4 is 10.1 Å². The molecular formula is C15H20BrNO3. The summed E-state index contributed by atoms with van der Waals surface area (Å²) >= 11 is 3.41. The van der Waals surface area contributed by atoms with Crippen LogP contribution in [0.15, 0.2) is 28.7 Å². The van der Waals surface area contributed by atoms with Crippen LogP contribution >= 0.6 is 15.9 Å². The van der Waals surface area contributed by atoms with Crippen LogP contribution in [0.1, 0.15) is 32.1 Å². The predicted molar refractivity (Wildman–Crippen MR) is 80.7 cm³/mol. The number of aliphatic hydroxyl groups is 1. The molecule has 0 radical (unpaired) electrons. The van der Waals surface area contributed by atoms with Gasteiger partial charge in [0.2, 0.25) is 5.91 Å². The summed E-state index contributed by atoms with van der Waals surface area (Å²) in [5, 5.41) is 12.6. The summed E-state index contributed by atoms with van der Waals surface area (Å²) in [4.78, 5) is 11.6. The molecule has 5 heteroatoms. The fourth-order valence-corrected chi connectivity index (χ4v) is 2.49. The summed E-state index contributed by atoms with van der Waals surface area (Å²) in [6.45, 7) is 0.872. The number of carbonyl (C=O) groups excluding carboxylic acids is 1. The van der Waals surface area contributed by atoms with Gasteiger partial charge in [0.15, 0.2) is 0 Å². The van der Waals surface area contributed by atoms with E-state index in [0.29, 0.717) is 26.0 Å². The maximum absolute atomic E-state index is 11.6. The first-order valence-electron chi connectivity index (χ1n) is 6.95. The highest BCUT2D eigenvalue weighted by Crippen LogP contribution is 2.30. The zero-order valence-corrected chi connectivity index (χ0v) is 13.0. The van der Waals surface area contributed by atoms with Crippen LogP contribution in [0, 0.1) is 0 Å². The van der Waals surface area contributed by atoms with Gasteiger partial charge in [0.1, 0.15) is 5.75 Å². The second-order valence-electron chi connectivity index (χ2n) is 5.24. The third kappa shape index (κ3) is 4.49. The van der Waals surface area contributed by atoms with Crippen molar-refractivity contribution in [1.82, 2.24) is 5.32 Å². The van der Waals surface area contributed by atoms with E-state index in [2.05, 4.69) is 21.2 Å². The molecule has 0 aromatic heterocycles. The van der Waals surface area contributed by atoms with Crippen LogP contribution in [0.5, 0.6) is 5.75 Å². The Hall–Kier alpha value is -1.07. The molecule has 1 fully saturated rings. The van der Waals surface area contributed by atoms with E-state index < -0.39 is 5.60 Å². The number of benzene rings is 1. The second-order valence-corrected chi connectivity index (χ2v) is 6.09. The van der Waals surface area contributed by atoms with Gasteiger partial charge in [-0.05, 0) is 53.7 Å². The third-order valence-corrected chi connectivity index (χ3v) is 4.20. The van der Waals surface area contributed by atoms with Gasteiger partial charge < -0.3 is 15.2 Å². The van der Waals surface area contributed by atoms with Crippen molar-refractivity contribution in [3.05, 3.63) is 28.7 Å². The van der Waals surface area contributed by atoms with Gasteiger partial charge in [-0.3, -0.25) is 4.79 Å². The molecule has 2 rings (SSSR count). The summed E-state index contributed by atoms with van der Waals surface area (Å²) in [5.41, 5.74) is -0.652. The number of halogens is 1. The highest BCUT2D eigenvalue weighted by molar-refractivity contribution is 9.10. The number of nitrogens with one attached hydrogen (secondary N) is 1. The molecule has 1 amide bonds. The molecule has 0 bridgehead atoms. The van der Waals surface area contributed by atoms with Gasteiger partial charge in [-0.25, -0.2) is 0 Å². The van der Waals surface area contributed by atoms with Crippen LogP contribution in [-0.4, -0.2) is 29.8 Å². The van der Waals surface area contributed by atoms with Crippen molar-refractivity contribution in [3.8, 4) is 5.75 Å². The SMILES string of the molecule is O=C(CCCOc1ccccc1Br)NCC1(O)CCC1. The van der Waals surface area contributed by atoms with E-state index in [4.69, 9.17) is 4.74 Å².